The van der Waals surface area contributed by atoms with Gasteiger partial charge in [0.2, 0.25) is 5.13 Å². The topological polar surface area (TPSA) is 77.2 Å². The summed E-state index contributed by atoms with van der Waals surface area (Å²) < 4.78 is 8.02. The van der Waals surface area contributed by atoms with Crippen LogP contribution in [0.25, 0.3) is 16.4 Å². The minimum absolute atomic E-state index is 0.0424. The molecule has 0 amide bonds. The number of rotatable bonds is 10. The number of nitrogens with zero attached hydrogens (tertiary/aromatic N) is 3. The van der Waals surface area contributed by atoms with Crippen molar-refractivity contribution in [3.63, 3.8) is 0 Å². The van der Waals surface area contributed by atoms with Crippen molar-refractivity contribution in [1.82, 2.24) is 14.8 Å². The molecule has 196 valence electrons. The number of carboxylic acid groups (broad SMARTS) is 1. The van der Waals surface area contributed by atoms with Crippen molar-refractivity contribution >= 4 is 17.3 Å². The predicted octanol–water partition coefficient (Wildman–Crippen LogP) is 7.12. The van der Waals surface area contributed by atoms with Gasteiger partial charge in [-0.1, -0.05) is 72.3 Å². The summed E-state index contributed by atoms with van der Waals surface area (Å²) in [6, 6.07) is 26.8. The first-order valence-electron chi connectivity index (χ1n) is 13.2. The predicted molar refractivity (Wildman–Crippen MR) is 153 cm³/mol. The van der Waals surface area contributed by atoms with E-state index in [2.05, 4.69) is 54.4 Å². The molecule has 0 saturated heterocycles. The van der Waals surface area contributed by atoms with E-state index in [1.54, 1.807) is 5.38 Å². The number of aromatic nitrogens is 3. The Morgan fingerprint density at radius 3 is 2.54 bits per heavy atom. The Labute approximate surface area is 231 Å². The second-order valence-electron chi connectivity index (χ2n) is 10.1. The van der Waals surface area contributed by atoms with Gasteiger partial charge in [0.05, 0.1) is 11.4 Å². The summed E-state index contributed by atoms with van der Waals surface area (Å²) in [6.07, 6.45) is 4.02. The molecule has 0 spiro atoms. The van der Waals surface area contributed by atoms with E-state index in [9.17, 15) is 9.90 Å². The fourth-order valence-corrected chi connectivity index (χ4v) is 5.48. The van der Waals surface area contributed by atoms with Crippen LogP contribution in [0.1, 0.15) is 51.3 Å². The molecule has 2 aromatic heterocycles. The van der Waals surface area contributed by atoms with Gasteiger partial charge in [0, 0.05) is 22.9 Å². The first kappa shape index (κ1) is 25.1. The fraction of sp³-hybridized carbons (Fsp3) is 0.219. The summed E-state index contributed by atoms with van der Waals surface area (Å²) in [6.45, 7) is 2.58. The van der Waals surface area contributed by atoms with E-state index in [0.717, 1.165) is 46.7 Å². The molecular formula is C32H29N3O3S. The minimum atomic E-state index is -1.03. The van der Waals surface area contributed by atoms with E-state index < -0.39 is 5.97 Å². The number of aryl methyl sites for hydroxylation is 1. The SMILES string of the molecule is Cc1ccc(Cc2c(-c3cccc(OCc4ccccc4)c3)nn(-c3nc(C(=O)O)cs3)c2CC2CC2)cc1. The average Bonchev–Trinajstić information content (AvgIpc) is 3.51. The van der Waals surface area contributed by atoms with E-state index >= 15 is 0 Å². The number of benzene rings is 3. The highest BCUT2D eigenvalue weighted by atomic mass is 32.1. The van der Waals surface area contributed by atoms with E-state index in [1.807, 2.05) is 41.1 Å². The van der Waals surface area contributed by atoms with Crippen LogP contribution in [-0.2, 0) is 19.4 Å². The lowest BCUT2D eigenvalue weighted by molar-refractivity contribution is 0.0691. The third kappa shape index (κ3) is 5.78. The van der Waals surface area contributed by atoms with Gasteiger partial charge in [0.1, 0.15) is 12.4 Å². The van der Waals surface area contributed by atoms with E-state index in [4.69, 9.17) is 9.84 Å². The Morgan fingerprint density at radius 1 is 1.03 bits per heavy atom. The Balaban J connectivity index is 1.43. The van der Waals surface area contributed by atoms with Gasteiger partial charge in [0.15, 0.2) is 5.69 Å². The van der Waals surface area contributed by atoms with Crippen LogP contribution in [0.5, 0.6) is 5.75 Å². The van der Waals surface area contributed by atoms with Crippen LogP contribution in [-0.4, -0.2) is 25.8 Å². The third-order valence-electron chi connectivity index (χ3n) is 7.02. The lowest BCUT2D eigenvalue weighted by Gasteiger charge is -2.10. The van der Waals surface area contributed by atoms with E-state index in [1.165, 1.54) is 35.3 Å². The zero-order chi connectivity index (χ0) is 26.8. The quantitative estimate of drug-likeness (QED) is 0.206. The standard InChI is InChI=1S/C32H29N3O3S/c1-21-10-12-22(13-11-21)16-27-29(17-23-14-15-23)35(32-33-28(20-39-32)31(36)37)34-30(27)25-8-5-9-26(18-25)38-19-24-6-3-2-4-7-24/h2-13,18,20,23H,14-17,19H2,1H3,(H,36,37). The maximum Gasteiger partial charge on any atom is 0.355 e. The Hall–Kier alpha value is -4.23. The number of aromatic carboxylic acids is 1. The number of carbonyl (C=O) groups is 1. The third-order valence-corrected chi connectivity index (χ3v) is 7.83. The minimum Gasteiger partial charge on any atom is -0.489 e. The van der Waals surface area contributed by atoms with Crippen LogP contribution in [0.15, 0.2) is 84.2 Å². The molecule has 3 aromatic carbocycles. The summed E-state index contributed by atoms with van der Waals surface area (Å²) >= 11 is 1.31. The molecule has 0 unspecified atom stereocenters. The van der Waals surface area contributed by atoms with Crippen LogP contribution < -0.4 is 4.74 Å². The molecule has 0 bridgehead atoms. The molecule has 6 rings (SSSR count). The first-order chi connectivity index (χ1) is 19.0. The number of ether oxygens (including phenoxy) is 1. The number of hydrogen-bond donors (Lipinski definition) is 1. The maximum absolute atomic E-state index is 11.6. The van der Waals surface area contributed by atoms with Gasteiger partial charge in [-0.15, -0.1) is 11.3 Å². The molecular weight excluding hydrogens is 506 g/mol. The van der Waals surface area contributed by atoms with E-state index in [-0.39, 0.29) is 5.69 Å². The number of thiazole rings is 1. The van der Waals surface area contributed by atoms with Crippen LogP contribution in [0.3, 0.4) is 0 Å². The monoisotopic (exact) mass is 535 g/mol. The normalized spacial score (nSPS) is 12.9. The Kier molecular flexibility index (Phi) is 6.99. The molecule has 1 aliphatic carbocycles. The van der Waals surface area contributed by atoms with Crippen molar-refractivity contribution in [2.45, 2.75) is 39.2 Å². The highest BCUT2D eigenvalue weighted by Gasteiger charge is 2.29. The summed E-state index contributed by atoms with van der Waals surface area (Å²) in [7, 11) is 0. The van der Waals surface area contributed by atoms with Gasteiger partial charge in [-0.25, -0.2) is 14.5 Å². The van der Waals surface area contributed by atoms with Gasteiger partial charge >= 0.3 is 5.97 Å². The second-order valence-corrected chi connectivity index (χ2v) is 11.0. The van der Waals surface area contributed by atoms with Crippen molar-refractivity contribution in [3.05, 3.63) is 118 Å². The Morgan fingerprint density at radius 2 is 1.82 bits per heavy atom. The summed E-state index contributed by atoms with van der Waals surface area (Å²) in [4.78, 5) is 16.0. The molecule has 1 N–H and O–H groups in total. The molecule has 0 aliphatic heterocycles. The zero-order valence-electron chi connectivity index (χ0n) is 21.7. The van der Waals surface area contributed by atoms with Gasteiger partial charge < -0.3 is 9.84 Å². The maximum atomic E-state index is 11.6. The lowest BCUT2D eigenvalue weighted by atomic mass is 9.96. The zero-order valence-corrected chi connectivity index (χ0v) is 22.5. The van der Waals surface area contributed by atoms with Gasteiger partial charge in [-0.2, -0.15) is 5.10 Å². The number of hydrogen-bond acceptors (Lipinski definition) is 5. The van der Waals surface area contributed by atoms with Crippen molar-refractivity contribution < 1.29 is 14.6 Å². The van der Waals surface area contributed by atoms with Gasteiger partial charge in [0.25, 0.3) is 0 Å². The van der Waals surface area contributed by atoms with Crippen LogP contribution in [0, 0.1) is 12.8 Å². The lowest BCUT2D eigenvalue weighted by Crippen LogP contribution is -2.06. The molecule has 7 heteroatoms. The van der Waals surface area contributed by atoms with Crippen LogP contribution in [0.4, 0.5) is 0 Å². The van der Waals surface area contributed by atoms with Crippen LogP contribution >= 0.6 is 11.3 Å². The second kappa shape index (κ2) is 10.9. The highest BCUT2D eigenvalue weighted by Crippen LogP contribution is 2.38. The summed E-state index contributed by atoms with van der Waals surface area (Å²) in [5.41, 5.74) is 7.68. The molecule has 2 heterocycles. The van der Waals surface area contributed by atoms with Crippen molar-refractivity contribution in [3.8, 4) is 22.1 Å². The van der Waals surface area contributed by atoms with Crippen LogP contribution in [0.2, 0.25) is 0 Å². The first-order valence-corrected chi connectivity index (χ1v) is 14.0. The molecule has 39 heavy (non-hydrogen) atoms. The fourth-order valence-electron chi connectivity index (χ4n) is 4.71. The highest BCUT2D eigenvalue weighted by molar-refractivity contribution is 7.12. The molecule has 0 atom stereocenters. The molecule has 1 aliphatic rings. The average molecular weight is 536 g/mol. The number of carboxylic acids is 1. The smallest absolute Gasteiger partial charge is 0.355 e. The molecule has 0 radical (unpaired) electrons. The van der Waals surface area contributed by atoms with Crippen molar-refractivity contribution in [2.75, 3.05) is 0 Å². The van der Waals surface area contributed by atoms with Gasteiger partial charge in [-0.05, 0) is 55.4 Å². The van der Waals surface area contributed by atoms with Gasteiger partial charge in [-0.3, -0.25) is 0 Å². The Bertz CT molecular complexity index is 1600. The molecule has 6 nitrogen and oxygen atoms in total. The summed E-state index contributed by atoms with van der Waals surface area (Å²) in [5, 5.41) is 16.7. The largest absolute Gasteiger partial charge is 0.489 e. The van der Waals surface area contributed by atoms with Crippen molar-refractivity contribution in [2.24, 2.45) is 5.92 Å². The molecule has 1 saturated carbocycles. The van der Waals surface area contributed by atoms with E-state index in [0.29, 0.717) is 17.7 Å². The molecule has 1 fully saturated rings. The van der Waals surface area contributed by atoms with Crippen molar-refractivity contribution in [1.29, 1.82) is 0 Å². The molecule has 5 aromatic rings. The summed E-state index contributed by atoms with van der Waals surface area (Å²) in [5.74, 6) is 0.361.